The van der Waals surface area contributed by atoms with Crippen LogP contribution in [0.5, 0.6) is 0 Å². The molecule has 0 unspecified atom stereocenters. The van der Waals surface area contributed by atoms with Crippen molar-refractivity contribution < 1.29 is 0 Å². The summed E-state index contributed by atoms with van der Waals surface area (Å²) in [6.45, 7) is 5.31. The average molecular weight is 179 g/mol. The van der Waals surface area contributed by atoms with Crippen molar-refractivity contribution in [3.63, 3.8) is 0 Å². The van der Waals surface area contributed by atoms with Crippen molar-refractivity contribution in [2.75, 3.05) is 32.7 Å². The molecule has 1 heterocycles. The average Bonchev–Trinajstić information content (AvgIpc) is 2.86. The second-order valence-electron chi connectivity index (χ2n) is 3.98. The highest BCUT2D eigenvalue weighted by Crippen LogP contribution is 2.30. The fourth-order valence-corrected chi connectivity index (χ4v) is 1.46. The van der Waals surface area contributed by atoms with Crippen LogP contribution in [-0.2, 0) is 0 Å². The molecule has 1 saturated carbocycles. The summed E-state index contributed by atoms with van der Waals surface area (Å²) in [7, 11) is 0. The molecule has 2 aliphatic rings. The maximum absolute atomic E-state index is 5.86. The van der Waals surface area contributed by atoms with Gasteiger partial charge >= 0.3 is 0 Å². The fourth-order valence-electron chi connectivity index (χ4n) is 1.46. The lowest BCUT2D eigenvalue weighted by Crippen LogP contribution is -2.43. The minimum Gasteiger partial charge on any atom is -0.315 e. The van der Waals surface area contributed by atoms with Gasteiger partial charge in [0.25, 0.3) is 0 Å². The summed E-state index contributed by atoms with van der Waals surface area (Å²) in [6, 6.07) is 0. The minimum absolute atomic E-state index is 0.103. The Kier molecular flexibility index (Phi) is 2.54. The molecule has 1 saturated heterocycles. The zero-order chi connectivity index (χ0) is 9.15. The van der Waals surface area contributed by atoms with Crippen LogP contribution in [0.25, 0.3) is 0 Å². The van der Waals surface area contributed by atoms with E-state index in [4.69, 9.17) is 5.73 Å². The highest BCUT2D eigenvalue weighted by Gasteiger charge is 2.36. The van der Waals surface area contributed by atoms with E-state index in [1.54, 1.807) is 0 Å². The third kappa shape index (κ3) is 2.70. The molecule has 0 radical (unpaired) electrons. The van der Waals surface area contributed by atoms with Crippen LogP contribution in [0.3, 0.4) is 0 Å². The number of rotatable bonds is 1. The highest BCUT2D eigenvalue weighted by molar-refractivity contribution is 5.25. The summed E-state index contributed by atoms with van der Waals surface area (Å²) in [5.41, 5.74) is 5.75. The molecule has 0 aromatic rings. The lowest BCUT2D eigenvalue weighted by Gasteiger charge is -2.24. The van der Waals surface area contributed by atoms with Crippen LogP contribution in [0.1, 0.15) is 12.8 Å². The van der Waals surface area contributed by atoms with Crippen molar-refractivity contribution in [1.82, 2.24) is 10.2 Å². The van der Waals surface area contributed by atoms with Gasteiger partial charge in [0, 0.05) is 26.2 Å². The Labute approximate surface area is 79.7 Å². The number of nitrogens with two attached hydrogens (primary N) is 1. The van der Waals surface area contributed by atoms with Gasteiger partial charge in [-0.15, -0.1) is 0 Å². The normalized spacial score (nSPS) is 26.2. The van der Waals surface area contributed by atoms with Crippen molar-refractivity contribution in [2.24, 2.45) is 5.73 Å². The molecular weight excluding hydrogens is 162 g/mol. The summed E-state index contributed by atoms with van der Waals surface area (Å²) < 4.78 is 0. The lowest BCUT2D eigenvalue weighted by atomic mass is 10.3. The molecule has 13 heavy (non-hydrogen) atoms. The third-order valence-electron chi connectivity index (χ3n) is 2.64. The molecule has 0 amide bonds. The molecule has 3 N–H and O–H groups in total. The molecule has 1 aliphatic carbocycles. The Hall–Kier alpha value is -0.560. The summed E-state index contributed by atoms with van der Waals surface area (Å²) >= 11 is 0. The van der Waals surface area contributed by atoms with Gasteiger partial charge in [0.05, 0.1) is 12.1 Å². The van der Waals surface area contributed by atoms with Gasteiger partial charge in [0.1, 0.15) is 0 Å². The van der Waals surface area contributed by atoms with E-state index in [-0.39, 0.29) is 5.54 Å². The van der Waals surface area contributed by atoms with E-state index in [1.165, 1.54) is 0 Å². The predicted octanol–water partition coefficient (Wildman–Crippen LogP) is -0.614. The molecule has 0 spiro atoms. The molecule has 3 heteroatoms. The molecule has 0 atom stereocenters. The molecule has 3 nitrogen and oxygen atoms in total. The number of hydrogen-bond acceptors (Lipinski definition) is 3. The van der Waals surface area contributed by atoms with Crippen LogP contribution >= 0.6 is 0 Å². The quantitative estimate of drug-likeness (QED) is 0.527. The second-order valence-corrected chi connectivity index (χ2v) is 3.98. The third-order valence-corrected chi connectivity index (χ3v) is 2.64. The van der Waals surface area contributed by atoms with Crippen molar-refractivity contribution in [3.8, 4) is 11.8 Å². The first kappa shape index (κ1) is 9.01. The standard InChI is InChI=1S/C10H17N3/c11-10(3-4-10)2-1-7-13-8-5-12-6-9-13/h12H,3-9,11H2. The summed E-state index contributed by atoms with van der Waals surface area (Å²) in [4.78, 5) is 2.37. The van der Waals surface area contributed by atoms with Crippen molar-refractivity contribution in [2.45, 2.75) is 18.4 Å². The number of nitrogens with one attached hydrogen (secondary N) is 1. The van der Waals surface area contributed by atoms with Crippen LogP contribution in [-0.4, -0.2) is 43.2 Å². The van der Waals surface area contributed by atoms with E-state index in [0.717, 1.165) is 45.6 Å². The molecule has 0 aromatic carbocycles. The largest absolute Gasteiger partial charge is 0.315 e. The van der Waals surface area contributed by atoms with E-state index in [9.17, 15) is 0 Å². The van der Waals surface area contributed by atoms with Gasteiger partial charge in [0.15, 0.2) is 0 Å². The summed E-state index contributed by atoms with van der Waals surface area (Å²) in [6.07, 6.45) is 2.17. The van der Waals surface area contributed by atoms with Gasteiger partial charge in [-0.1, -0.05) is 11.8 Å². The Bertz CT molecular complexity index is 228. The van der Waals surface area contributed by atoms with Crippen molar-refractivity contribution >= 4 is 0 Å². The highest BCUT2D eigenvalue weighted by atomic mass is 15.2. The van der Waals surface area contributed by atoms with Gasteiger partial charge in [-0.25, -0.2) is 0 Å². The van der Waals surface area contributed by atoms with Gasteiger partial charge in [-0.05, 0) is 12.8 Å². The van der Waals surface area contributed by atoms with Crippen LogP contribution in [0.4, 0.5) is 0 Å². The zero-order valence-corrected chi connectivity index (χ0v) is 7.97. The first-order valence-corrected chi connectivity index (χ1v) is 5.01. The van der Waals surface area contributed by atoms with Gasteiger partial charge in [-0.3, -0.25) is 4.90 Å². The Morgan fingerprint density at radius 1 is 1.31 bits per heavy atom. The topological polar surface area (TPSA) is 41.3 Å². The Morgan fingerprint density at radius 2 is 2.00 bits per heavy atom. The first-order chi connectivity index (χ1) is 6.29. The number of nitrogens with zero attached hydrogens (tertiary/aromatic N) is 1. The van der Waals surface area contributed by atoms with Crippen LogP contribution < -0.4 is 11.1 Å². The van der Waals surface area contributed by atoms with Gasteiger partial charge < -0.3 is 11.1 Å². The fraction of sp³-hybridized carbons (Fsp3) is 0.800. The minimum atomic E-state index is -0.103. The van der Waals surface area contributed by atoms with Crippen LogP contribution in [0.15, 0.2) is 0 Å². The van der Waals surface area contributed by atoms with E-state index in [2.05, 4.69) is 22.1 Å². The maximum Gasteiger partial charge on any atom is 0.0778 e. The smallest absolute Gasteiger partial charge is 0.0778 e. The molecular formula is C10H17N3. The molecule has 2 rings (SSSR count). The van der Waals surface area contributed by atoms with E-state index in [0.29, 0.717) is 0 Å². The second kappa shape index (κ2) is 3.67. The summed E-state index contributed by atoms with van der Waals surface area (Å²) in [5.74, 6) is 6.33. The number of hydrogen-bond donors (Lipinski definition) is 2. The van der Waals surface area contributed by atoms with E-state index < -0.39 is 0 Å². The monoisotopic (exact) mass is 179 g/mol. The molecule has 2 fully saturated rings. The lowest BCUT2D eigenvalue weighted by molar-refractivity contribution is 0.268. The molecule has 0 bridgehead atoms. The molecule has 1 aliphatic heterocycles. The van der Waals surface area contributed by atoms with E-state index >= 15 is 0 Å². The van der Waals surface area contributed by atoms with E-state index in [1.807, 2.05) is 0 Å². The van der Waals surface area contributed by atoms with Crippen LogP contribution in [0.2, 0.25) is 0 Å². The Morgan fingerprint density at radius 3 is 2.62 bits per heavy atom. The van der Waals surface area contributed by atoms with Gasteiger partial charge in [0.2, 0.25) is 0 Å². The van der Waals surface area contributed by atoms with Crippen LogP contribution in [0, 0.1) is 11.8 Å². The summed E-state index contributed by atoms with van der Waals surface area (Å²) in [5, 5.41) is 3.32. The Balaban J connectivity index is 1.73. The molecule has 72 valence electrons. The predicted molar refractivity (Wildman–Crippen MR) is 53.2 cm³/mol. The van der Waals surface area contributed by atoms with Crippen molar-refractivity contribution in [1.29, 1.82) is 0 Å². The van der Waals surface area contributed by atoms with Crippen molar-refractivity contribution in [3.05, 3.63) is 0 Å². The van der Waals surface area contributed by atoms with Gasteiger partial charge in [-0.2, -0.15) is 0 Å². The first-order valence-electron chi connectivity index (χ1n) is 5.01. The number of piperazine rings is 1. The maximum atomic E-state index is 5.86. The SMILES string of the molecule is NC1(C#CCN2CCNCC2)CC1. The zero-order valence-electron chi connectivity index (χ0n) is 7.97. The molecule has 0 aromatic heterocycles.